The standard InChI is InChI=1S/2C7H15.Cu.Li.H/c2*1-3-5-7-6-4-2;;;/h2*1,3-7H2,2H3;;;. The second-order valence-corrected chi connectivity index (χ2v) is 5.69. The van der Waals surface area contributed by atoms with Gasteiger partial charge in [-0.05, 0) is 0 Å². The fourth-order valence-corrected chi connectivity index (χ4v) is 2.76. The van der Waals surface area contributed by atoms with Crippen LogP contribution in [0.2, 0.25) is 10.6 Å². The van der Waals surface area contributed by atoms with Gasteiger partial charge in [0.1, 0.15) is 0 Å². The molecule has 0 atom stereocenters. The normalized spacial score (nSPS) is 10.4. The molecule has 0 aromatic rings. The molecule has 0 spiro atoms. The molecule has 0 fully saturated rings. The third kappa shape index (κ3) is 17.5. The summed E-state index contributed by atoms with van der Waals surface area (Å²) >= 11 is 2.25. The van der Waals surface area contributed by atoms with E-state index in [1.807, 2.05) is 0 Å². The first-order valence-corrected chi connectivity index (χ1v) is 8.17. The topological polar surface area (TPSA) is 0 Å². The van der Waals surface area contributed by atoms with E-state index in [0.29, 0.717) is 0 Å². The van der Waals surface area contributed by atoms with Crippen LogP contribution in [0.25, 0.3) is 0 Å². The average Bonchev–Trinajstić information content (AvgIpc) is 2.26. The number of rotatable bonds is 12. The molecule has 0 nitrogen and oxygen atoms in total. The van der Waals surface area contributed by atoms with Crippen molar-refractivity contribution in [1.29, 1.82) is 0 Å². The number of hydrogen-bond acceptors (Lipinski definition) is 0. The van der Waals surface area contributed by atoms with E-state index in [9.17, 15) is 0 Å². The van der Waals surface area contributed by atoms with Crippen LogP contribution in [0.1, 0.15) is 78.1 Å². The molecule has 0 aliphatic carbocycles. The summed E-state index contributed by atoms with van der Waals surface area (Å²) in [5.74, 6) is 0. The first-order chi connectivity index (χ1) is 7.41. The second-order valence-electron chi connectivity index (χ2n) is 4.28. The van der Waals surface area contributed by atoms with Gasteiger partial charge in [0.05, 0.1) is 0 Å². The molecular weight excluding hydrogens is 239 g/mol. The molecule has 0 rings (SSSR count). The molecular formula is C14H31CuLi. The molecule has 2 heteroatoms. The zero-order chi connectivity index (χ0) is 11.2. The van der Waals surface area contributed by atoms with Crippen LogP contribution in [0, 0.1) is 0 Å². The van der Waals surface area contributed by atoms with Gasteiger partial charge in [0.2, 0.25) is 0 Å². The molecule has 0 bridgehead atoms. The van der Waals surface area contributed by atoms with Gasteiger partial charge in [-0.25, -0.2) is 0 Å². The molecule has 0 heterocycles. The fraction of sp³-hybridized carbons (Fsp3) is 1.00. The Morgan fingerprint density at radius 3 is 1.31 bits per heavy atom. The van der Waals surface area contributed by atoms with Crippen LogP contribution >= 0.6 is 0 Å². The van der Waals surface area contributed by atoms with Crippen molar-refractivity contribution in [1.82, 2.24) is 0 Å². The van der Waals surface area contributed by atoms with Gasteiger partial charge in [-0.2, -0.15) is 0 Å². The Labute approximate surface area is 122 Å². The maximum absolute atomic E-state index is 2.28. The van der Waals surface area contributed by atoms with Gasteiger partial charge in [-0.3, -0.25) is 0 Å². The monoisotopic (exact) mass is 269 g/mol. The van der Waals surface area contributed by atoms with Crippen LogP contribution in [0.5, 0.6) is 0 Å². The Bertz CT molecular complexity index is 94.9. The molecule has 0 aliphatic rings. The van der Waals surface area contributed by atoms with Crippen molar-refractivity contribution in [2.24, 2.45) is 0 Å². The summed E-state index contributed by atoms with van der Waals surface area (Å²) in [6, 6.07) is 0. The summed E-state index contributed by atoms with van der Waals surface area (Å²) < 4.78 is 0. The molecule has 0 amide bonds. The van der Waals surface area contributed by atoms with Crippen LogP contribution in [0.15, 0.2) is 0 Å². The van der Waals surface area contributed by atoms with Crippen molar-refractivity contribution in [3.8, 4) is 0 Å². The van der Waals surface area contributed by atoms with E-state index in [1.165, 1.54) is 74.8 Å². The van der Waals surface area contributed by atoms with Gasteiger partial charge in [0.15, 0.2) is 0 Å². The predicted octanol–water partition coefficient (Wildman–Crippen LogP) is 5.20. The molecule has 0 unspecified atom stereocenters. The van der Waals surface area contributed by atoms with Crippen molar-refractivity contribution in [2.45, 2.75) is 88.7 Å². The van der Waals surface area contributed by atoms with E-state index in [4.69, 9.17) is 0 Å². The van der Waals surface area contributed by atoms with E-state index in [1.54, 1.807) is 0 Å². The van der Waals surface area contributed by atoms with Gasteiger partial charge in [-0.1, -0.05) is 0 Å². The molecule has 0 radical (unpaired) electrons. The quantitative estimate of drug-likeness (QED) is 0.338. The molecule has 0 saturated carbocycles. The average molecular weight is 270 g/mol. The molecule has 99 valence electrons. The zero-order valence-corrected chi connectivity index (χ0v) is 11.7. The summed E-state index contributed by atoms with van der Waals surface area (Å²) in [5.41, 5.74) is 0. The van der Waals surface area contributed by atoms with Crippen LogP contribution in [0.4, 0.5) is 0 Å². The number of unbranched alkanes of at least 4 members (excludes halogenated alkanes) is 8. The molecule has 0 aromatic heterocycles. The summed E-state index contributed by atoms with van der Waals surface area (Å²) in [6.07, 6.45) is 14.3. The Kier molecular flexibility index (Phi) is 22.5. The third-order valence-corrected chi connectivity index (χ3v) is 3.97. The Morgan fingerprint density at radius 1 is 0.562 bits per heavy atom. The minimum absolute atomic E-state index is 0. The van der Waals surface area contributed by atoms with Crippen molar-refractivity contribution < 1.29 is 15.0 Å². The van der Waals surface area contributed by atoms with Crippen LogP contribution in [-0.4, -0.2) is 18.9 Å². The van der Waals surface area contributed by atoms with Crippen LogP contribution in [-0.2, 0) is 15.0 Å². The van der Waals surface area contributed by atoms with Crippen molar-refractivity contribution in [3.63, 3.8) is 0 Å². The third-order valence-electron chi connectivity index (χ3n) is 2.63. The van der Waals surface area contributed by atoms with Crippen molar-refractivity contribution in [2.75, 3.05) is 0 Å². The Hall–Kier alpha value is 1.12. The molecule has 0 aromatic carbocycles. The van der Waals surface area contributed by atoms with E-state index in [-0.39, 0.29) is 18.9 Å². The van der Waals surface area contributed by atoms with Gasteiger partial charge in [-0.15, -0.1) is 0 Å². The second kappa shape index (κ2) is 18.5. The van der Waals surface area contributed by atoms with Crippen LogP contribution < -0.4 is 0 Å². The number of hydrogen-bond donors (Lipinski definition) is 0. The molecule has 0 N–H and O–H groups in total. The summed E-state index contributed by atoms with van der Waals surface area (Å²) in [7, 11) is 0. The van der Waals surface area contributed by atoms with Gasteiger partial charge in [0, 0.05) is 0 Å². The van der Waals surface area contributed by atoms with Crippen molar-refractivity contribution in [3.05, 3.63) is 0 Å². The van der Waals surface area contributed by atoms with Crippen LogP contribution in [0.3, 0.4) is 0 Å². The maximum atomic E-state index is 2.28. The molecule has 0 aliphatic heterocycles. The minimum atomic E-state index is 0. The molecule has 16 heavy (non-hydrogen) atoms. The Balaban J connectivity index is 0. The first-order valence-electron chi connectivity index (χ1n) is 6.84. The first kappa shape index (κ1) is 19.5. The summed E-state index contributed by atoms with van der Waals surface area (Å²) in [6.45, 7) is 4.56. The van der Waals surface area contributed by atoms with E-state index >= 15 is 0 Å². The van der Waals surface area contributed by atoms with E-state index in [2.05, 4.69) is 28.8 Å². The van der Waals surface area contributed by atoms with Gasteiger partial charge >= 0.3 is 123 Å². The fourth-order valence-electron chi connectivity index (χ4n) is 1.58. The predicted molar refractivity (Wildman–Crippen MR) is 74.3 cm³/mol. The van der Waals surface area contributed by atoms with E-state index < -0.39 is 0 Å². The summed E-state index contributed by atoms with van der Waals surface area (Å²) in [5, 5.41) is 2.78. The van der Waals surface area contributed by atoms with E-state index in [0.717, 1.165) is 0 Å². The summed E-state index contributed by atoms with van der Waals surface area (Å²) in [4.78, 5) is 0. The Morgan fingerprint density at radius 2 is 0.938 bits per heavy atom. The van der Waals surface area contributed by atoms with Gasteiger partial charge in [0.25, 0.3) is 0 Å². The zero-order valence-electron chi connectivity index (χ0n) is 10.8. The van der Waals surface area contributed by atoms with Crippen molar-refractivity contribution >= 4 is 18.9 Å². The SMILES string of the molecule is CCCCCC[CH2][Cu][CH2]CCCCCC.[LiH]. The molecule has 0 saturated heterocycles. The van der Waals surface area contributed by atoms with Gasteiger partial charge < -0.3 is 0 Å².